The fraction of sp³-hybridized carbons (Fsp3) is 0.440. The monoisotopic (exact) mass is 586 g/mol. The van der Waals surface area contributed by atoms with Gasteiger partial charge in [-0.1, -0.05) is 11.6 Å². The van der Waals surface area contributed by atoms with Crippen LogP contribution in [0.3, 0.4) is 0 Å². The Bertz CT molecular complexity index is 1290. The molecule has 1 atom stereocenters. The summed E-state index contributed by atoms with van der Waals surface area (Å²) in [6.45, 7) is 2.01. The Morgan fingerprint density at radius 3 is 2.31 bits per heavy atom. The molecule has 2 aliphatic heterocycles. The predicted molar refractivity (Wildman–Crippen MR) is 138 cm³/mol. The van der Waals surface area contributed by atoms with Gasteiger partial charge in [0.2, 0.25) is 15.9 Å². The maximum absolute atomic E-state index is 14.9. The van der Waals surface area contributed by atoms with E-state index in [4.69, 9.17) is 21.1 Å². The molecule has 0 bridgehead atoms. The molecule has 0 spiro atoms. The van der Waals surface area contributed by atoms with Crippen molar-refractivity contribution < 1.29 is 36.3 Å². The van der Waals surface area contributed by atoms with Crippen LogP contribution < -0.4 is 10.1 Å². The van der Waals surface area contributed by atoms with Gasteiger partial charge in [0.25, 0.3) is 0 Å². The van der Waals surface area contributed by atoms with Crippen molar-refractivity contribution >= 4 is 33.6 Å². The van der Waals surface area contributed by atoms with E-state index in [0.29, 0.717) is 23.7 Å². The summed E-state index contributed by atoms with van der Waals surface area (Å²) < 4.78 is 68.0. The van der Waals surface area contributed by atoms with E-state index in [1.165, 1.54) is 36.2 Å². The molecule has 0 aliphatic carbocycles. The molecule has 10 nitrogen and oxygen atoms in total. The maximum atomic E-state index is 14.9. The highest BCUT2D eigenvalue weighted by atomic mass is 35.5. The van der Waals surface area contributed by atoms with Gasteiger partial charge in [-0.3, -0.25) is 9.69 Å². The third-order valence-electron chi connectivity index (χ3n) is 6.58. The standard InChI is InChI=1S/C25H29ClF2N4O6S/c1-29-24(33)22-16-31(25(34)37-13-12-30-8-2-3-9-30)10-11-32(22)39(35,36)19-14-20(27)23(21(28)15-19)38-18-6-4-17(26)5-7-18/h4-7,14-15,22H,2-3,8-13,16H2,1H3,(H,29,33)/t22-/m1/s1. The molecule has 2 heterocycles. The topological polar surface area (TPSA) is 108 Å². The molecule has 0 unspecified atom stereocenters. The van der Waals surface area contributed by atoms with Crippen LogP contribution in [-0.2, 0) is 19.6 Å². The molecule has 2 aromatic rings. The van der Waals surface area contributed by atoms with Gasteiger partial charge >= 0.3 is 6.09 Å². The number of halogens is 3. The number of carbonyl (C=O) groups is 2. The van der Waals surface area contributed by atoms with Gasteiger partial charge in [0.15, 0.2) is 17.4 Å². The van der Waals surface area contributed by atoms with Crippen molar-refractivity contribution in [2.75, 3.05) is 52.9 Å². The highest BCUT2D eigenvalue weighted by molar-refractivity contribution is 7.89. The summed E-state index contributed by atoms with van der Waals surface area (Å²) in [6, 6.07) is 5.65. The largest absolute Gasteiger partial charge is 0.451 e. The van der Waals surface area contributed by atoms with Crippen LogP contribution in [0.1, 0.15) is 12.8 Å². The zero-order valence-electron chi connectivity index (χ0n) is 21.2. The Kier molecular flexibility index (Phi) is 9.26. The lowest BCUT2D eigenvalue weighted by atomic mass is 10.2. The van der Waals surface area contributed by atoms with Crippen molar-refractivity contribution in [2.24, 2.45) is 0 Å². The van der Waals surface area contributed by atoms with Crippen LogP contribution in [0, 0.1) is 11.6 Å². The van der Waals surface area contributed by atoms with Gasteiger partial charge in [-0.15, -0.1) is 0 Å². The normalized spacial score (nSPS) is 18.7. The number of likely N-dealkylation sites (N-methyl/N-ethyl adjacent to an activating group) is 1. The third kappa shape index (κ3) is 6.78. The van der Waals surface area contributed by atoms with Crippen molar-refractivity contribution in [1.29, 1.82) is 0 Å². The number of likely N-dealkylation sites (tertiary alicyclic amines) is 1. The summed E-state index contributed by atoms with van der Waals surface area (Å²) in [5.41, 5.74) is 0. The highest BCUT2D eigenvalue weighted by Crippen LogP contribution is 2.32. The van der Waals surface area contributed by atoms with Crippen molar-refractivity contribution in [3.8, 4) is 11.5 Å². The maximum Gasteiger partial charge on any atom is 0.409 e. The molecule has 14 heteroatoms. The molecular weight excluding hydrogens is 558 g/mol. The quantitative estimate of drug-likeness (QED) is 0.506. The van der Waals surface area contributed by atoms with Crippen LogP contribution in [0.2, 0.25) is 5.02 Å². The second kappa shape index (κ2) is 12.5. The molecule has 39 heavy (non-hydrogen) atoms. The van der Waals surface area contributed by atoms with Crippen molar-refractivity contribution in [1.82, 2.24) is 19.4 Å². The number of hydrogen-bond acceptors (Lipinski definition) is 7. The molecule has 1 N–H and O–H groups in total. The van der Waals surface area contributed by atoms with Crippen molar-refractivity contribution in [2.45, 2.75) is 23.8 Å². The van der Waals surface area contributed by atoms with Gasteiger partial charge in [-0.25, -0.2) is 22.0 Å². The predicted octanol–water partition coefficient (Wildman–Crippen LogP) is 3.06. The SMILES string of the molecule is CNC(=O)[C@H]1CN(C(=O)OCCN2CCCC2)CCN1S(=O)(=O)c1cc(F)c(Oc2ccc(Cl)cc2)c(F)c1. The van der Waals surface area contributed by atoms with Crippen LogP contribution in [0.25, 0.3) is 0 Å². The Hall–Kier alpha value is -3.00. The van der Waals surface area contributed by atoms with Gasteiger partial charge in [0, 0.05) is 38.2 Å². The number of carbonyl (C=O) groups excluding carboxylic acids is 2. The second-order valence-corrected chi connectivity index (χ2v) is 11.5. The van der Waals surface area contributed by atoms with Gasteiger partial charge in [0.1, 0.15) is 18.4 Å². The lowest BCUT2D eigenvalue weighted by molar-refractivity contribution is -0.125. The molecule has 2 saturated heterocycles. The van der Waals surface area contributed by atoms with E-state index in [1.54, 1.807) is 0 Å². The summed E-state index contributed by atoms with van der Waals surface area (Å²) in [5.74, 6) is -3.88. The third-order valence-corrected chi connectivity index (χ3v) is 8.72. The average Bonchev–Trinajstić information content (AvgIpc) is 3.44. The Morgan fingerprint density at radius 2 is 1.69 bits per heavy atom. The molecule has 0 saturated carbocycles. The molecule has 4 rings (SSSR count). The summed E-state index contributed by atoms with van der Waals surface area (Å²) >= 11 is 5.81. The smallest absolute Gasteiger partial charge is 0.409 e. The number of benzene rings is 2. The minimum absolute atomic E-state index is 0.0714. The van der Waals surface area contributed by atoms with E-state index in [2.05, 4.69) is 10.2 Å². The summed E-state index contributed by atoms with van der Waals surface area (Å²) in [4.78, 5) is 28.0. The highest BCUT2D eigenvalue weighted by Gasteiger charge is 2.42. The molecule has 2 aliphatic rings. The van der Waals surface area contributed by atoms with Crippen LogP contribution in [-0.4, -0.2) is 93.5 Å². The van der Waals surface area contributed by atoms with Crippen LogP contribution in [0.4, 0.5) is 13.6 Å². The summed E-state index contributed by atoms with van der Waals surface area (Å²) in [7, 11) is -3.23. The van der Waals surface area contributed by atoms with Gasteiger partial charge in [-0.2, -0.15) is 4.31 Å². The Morgan fingerprint density at radius 1 is 1.05 bits per heavy atom. The zero-order chi connectivity index (χ0) is 28.2. The zero-order valence-corrected chi connectivity index (χ0v) is 22.8. The minimum Gasteiger partial charge on any atom is -0.451 e. The van der Waals surface area contributed by atoms with Gasteiger partial charge in [-0.05, 0) is 62.3 Å². The molecule has 2 aromatic carbocycles. The van der Waals surface area contributed by atoms with Crippen molar-refractivity contribution in [3.05, 3.63) is 53.1 Å². The van der Waals surface area contributed by atoms with Gasteiger partial charge in [0.05, 0.1) is 4.90 Å². The van der Waals surface area contributed by atoms with Crippen LogP contribution in [0.15, 0.2) is 41.3 Å². The number of amides is 2. The first-order valence-corrected chi connectivity index (χ1v) is 14.2. The van der Waals surface area contributed by atoms with E-state index >= 15 is 0 Å². The fourth-order valence-electron chi connectivity index (χ4n) is 4.50. The number of hydrogen-bond donors (Lipinski definition) is 1. The van der Waals surface area contributed by atoms with E-state index in [1.807, 2.05) is 0 Å². The van der Waals surface area contributed by atoms with Crippen LogP contribution >= 0.6 is 11.6 Å². The minimum atomic E-state index is -4.55. The van der Waals surface area contributed by atoms with Crippen LogP contribution in [0.5, 0.6) is 11.5 Å². The fourth-order valence-corrected chi connectivity index (χ4v) is 6.22. The second-order valence-electron chi connectivity index (χ2n) is 9.13. The first kappa shape index (κ1) is 29.0. The van der Waals surface area contributed by atoms with E-state index in [-0.39, 0.29) is 32.0 Å². The molecule has 0 radical (unpaired) electrons. The molecular formula is C25H29ClF2N4O6S. The van der Waals surface area contributed by atoms with Gasteiger partial charge < -0.3 is 19.7 Å². The Balaban J connectivity index is 1.49. The number of rotatable bonds is 8. The summed E-state index contributed by atoms with van der Waals surface area (Å²) in [5, 5.41) is 2.78. The lowest BCUT2D eigenvalue weighted by Crippen LogP contribution is -2.61. The molecule has 0 aromatic heterocycles. The van der Waals surface area contributed by atoms with E-state index < -0.39 is 50.3 Å². The number of sulfonamides is 1. The molecule has 2 fully saturated rings. The molecule has 212 valence electrons. The molecule has 2 amide bonds. The number of piperazine rings is 1. The average molecular weight is 587 g/mol. The summed E-state index contributed by atoms with van der Waals surface area (Å²) in [6.07, 6.45) is 1.54. The number of nitrogens with one attached hydrogen (secondary N) is 1. The number of nitrogens with zero attached hydrogens (tertiary/aromatic N) is 3. The first-order valence-electron chi connectivity index (χ1n) is 12.4. The van der Waals surface area contributed by atoms with E-state index in [0.717, 1.165) is 30.2 Å². The lowest BCUT2D eigenvalue weighted by Gasteiger charge is -2.38. The first-order chi connectivity index (χ1) is 18.6. The van der Waals surface area contributed by atoms with Crippen molar-refractivity contribution in [3.63, 3.8) is 0 Å². The van der Waals surface area contributed by atoms with E-state index in [9.17, 15) is 26.8 Å². The Labute approximate surface area is 230 Å². The number of ether oxygens (including phenoxy) is 2.